The Hall–Kier alpha value is -4.96. The monoisotopic (exact) mass is 570 g/mol. The Labute approximate surface area is 238 Å². The highest BCUT2D eigenvalue weighted by molar-refractivity contribution is 7.07. The molecule has 1 aliphatic heterocycles. The summed E-state index contributed by atoms with van der Waals surface area (Å²) in [6.45, 7) is 1.44. The van der Waals surface area contributed by atoms with Crippen molar-refractivity contribution >= 4 is 35.0 Å². The normalized spacial score (nSPS) is 14.7. The molecule has 41 heavy (non-hydrogen) atoms. The van der Waals surface area contributed by atoms with Crippen molar-refractivity contribution in [3.8, 4) is 11.5 Å². The van der Waals surface area contributed by atoms with Gasteiger partial charge in [-0.25, -0.2) is 14.6 Å². The Morgan fingerprint density at radius 1 is 1.02 bits per heavy atom. The zero-order valence-electron chi connectivity index (χ0n) is 22.3. The largest absolute Gasteiger partial charge is 0.497 e. The van der Waals surface area contributed by atoms with Crippen LogP contribution in [0.25, 0.3) is 11.8 Å². The van der Waals surface area contributed by atoms with Gasteiger partial charge in [0.2, 0.25) is 0 Å². The van der Waals surface area contributed by atoms with Crippen molar-refractivity contribution in [2.45, 2.75) is 13.0 Å². The molecule has 1 atom stereocenters. The van der Waals surface area contributed by atoms with E-state index in [4.69, 9.17) is 24.3 Å². The van der Waals surface area contributed by atoms with Gasteiger partial charge in [0, 0.05) is 5.56 Å². The van der Waals surface area contributed by atoms with Crippen LogP contribution in [0.4, 0.5) is 0 Å². The first kappa shape index (κ1) is 27.6. The number of carboxylic acids is 1. The summed E-state index contributed by atoms with van der Waals surface area (Å²) in [6.07, 6.45) is 1.73. The van der Waals surface area contributed by atoms with Crippen molar-refractivity contribution in [1.29, 1.82) is 0 Å². The van der Waals surface area contributed by atoms with Gasteiger partial charge in [-0.1, -0.05) is 65.9 Å². The van der Waals surface area contributed by atoms with Crippen LogP contribution in [-0.4, -0.2) is 41.9 Å². The van der Waals surface area contributed by atoms with E-state index in [0.29, 0.717) is 37.7 Å². The van der Waals surface area contributed by atoms with Crippen molar-refractivity contribution in [1.82, 2.24) is 4.57 Å². The van der Waals surface area contributed by atoms with Crippen molar-refractivity contribution in [3.05, 3.63) is 121 Å². The van der Waals surface area contributed by atoms with Crippen molar-refractivity contribution in [3.63, 3.8) is 0 Å². The molecule has 2 heterocycles. The summed E-state index contributed by atoms with van der Waals surface area (Å²) in [7, 11) is 1.56. The third-order valence-electron chi connectivity index (χ3n) is 6.32. The maximum absolute atomic E-state index is 14.0. The maximum Gasteiger partial charge on any atom is 0.341 e. The summed E-state index contributed by atoms with van der Waals surface area (Å²) in [5.74, 6) is -0.654. The topological polar surface area (TPSA) is 116 Å². The number of fused-ring (bicyclic) bond motifs is 1. The smallest absolute Gasteiger partial charge is 0.341 e. The first-order valence-electron chi connectivity index (χ1n) is 12.8. The lowest BCUT2D eigenvalue weighted by Crippen LogP contribution is -2.40. The van der Waals surface area contributed by atoms with E-state index in [1.807, 2.05) is 42.5 Å². The zero-order chi connectivity index (χ0) is 28.9. The number of rotatable bonds is 9. The summed E-state index contributed by atoms with van der Waals surface area (Å²) in [6, 6.07) is 22.5. The van der Waals surface area contributed by atoms with Gasteiger partial charge in [-0.05, 0) is 48.4 Å². The lowest BCUT2D eigenvalue weighted by atomic mass is 9.93. The Balaban J connectivity index is 1.72. The van der Waals surface area contributed by atoms with E-state index in [0.717, 1.165) is 5.56 Å². The van der Waals surface area contributed by atoms with Crippen molar-refractivity contribution in [2.24, 2.45) is 4.99 Å². The van der Waals surface area contributed by atoms with Gasteiger partial charge in [0.1, 0.15) is 11.5 Å². The minimum Gasteiger partial charge on any atom is -0.497 e. The van der Waals surface area contributed by atoms with E-state index in [-0.39, 0.29) is 17.7 Å². The number of ether oxygens (including phenoxy) is 3. The summed E-state index contributed by atoms with van der Waals surface area (Å²) in [4.78, 5) is 43.5. The van der Waals surface area contributed by atoms with Gasteiger partial charge in [0.25, 0.3) is 5.56 Å². The number of benzene rings is 3. The number of nitrogens with zero attached hydrogens (tertiary/aromatic N) is 2. The van der Waals surface area contributed by atoms with Gasteiger partial charge < -0.3 is 19.3 Å². The molecule has 10 heteroatoms. The quantitative estimate of drug-likeness (QED) is 0.307. The fourth-order valence-electron chi connectivity index (χ4n) is 4.52. The van der Waals surface area contributed by atoms with Crippen LogP contribution < -0.4 is 24.4 Å². The van der Waals surface area contributed by atoms with E-state index < -0.39 is 24.6 Å². The summed E-state index contributed by atoms with van der Waals surface area (Å²) >= 11 is 1.21. The second-order valence-electron chi connectivity index (χ2n) is 8.96. The third kappa shape index (κ3) is 5.82. The molecule has 1 aromatic heterocycles. The number of hydrogen-bond donors (Lipinski definition) is 1. The Morgan fingerprint density at radius 3 is 2.46 bits per heavy atom. The van der Waals surface area contributed by atoms with E-state index >= 15 is 0 Å². The molecule has 3 aromatic carbocycles. The number of esters is 1. The molecule has 0 saturated carbocycles. The van der Waals surface area contributed by atoms with Crippen LogP contribution in [0.5, 0.6) is 11.5 Å². The standard InChI is InChI=1S/C31H26N2O7S/c1-3-39-30(37)26-27(20-8-5-4-6-9-20)32-31-33(28(26)21-10-7-11-23(17-21)38-2)29(36)24(41-31)16-19-12-14-22(15-13-19)40-18-25(34)35/h4-17,28H,3,18H2,1-2H3,(H,34,35)/t28-/m1/s1. The van der Waals surface area contributed by atoms with E-state index in [1.165, 1.54) is 15.9 Å². The molecule has 1 N–H and O–H groups in total. The first-order valence-corrected chi connectivity index (χ1v) is 13.6. The molecule has 1 aliphatic rings. The predicted molar refractivity (Wildman–Crippen MR) is 154 cm³/mol. The van der Waals surface area contributed by atoms with Gasteiger partial charge in [-0.15, -0.1) is 0 Å². The van der Waals surface area contributed by atoms with E-state index in [1.54, 1.807) is 56.5 Å². The Bertz CT molecular complexity index is 1810. The highest BCUT2D eigenvalue weighted by Gasteiger charge is 2.35. The van der Waals surface area contributed by atoms with Crippen LogP contribution >= 0.6 is 11.3 Å². The number of thiazole rings is 1. The van der Waals surface area contributed by atoms with Gasteiger partial charge in [-0.3, -0.25) is 9.36 Å². The Morgan fingerprint density at radius 2 is 1.78 bits per heavy atom. The molecular weight excluding hydrogens is 544 g/mol. The SMILES string of the molecule is CCOC(=O)C1=C(c2ccccc2)N=c2sc(=Cc3ccc(OCC(=O)O)cc3)c(=O)n2[C@@H]1c1cccc(OC)c1. The van der Waals surface area contributed by atoms with Gasteiger partial charge in [0.05, 0.1) is 35.6 Å². The molecule has 5 rings (SSSR count). The van der Waals surface area contributed by atoms with Crippen LogP contribution in [-0.2, 0) is 14.3 Å². The van der Waals surface area contributed by atoms with Crippen LogP contribution in [0, 0.1) is 0 Å². The summed E-state index contributed by atoms with van der Waals surface area (Å²) in [5.41, 5.74) is 2.47. The summed E-state index contributed by atoms with van der Waals surface area (Å²) < 4.78 is 18.1. The fourth-order valence-corrected chi connectivity index (χ4v) is 5.53. The van der Waals surface area contributed by atoms with E-state index in [9.17, 15) is 14.4 Å². The second-order valence-corrected chi connectivity index (χ2v) is 9.97. The molecule has 208 valence electrons. The van der Waals surface area contributed by atoms with Crippen LogP contribution in [0.1, 0.15) is 29.7 Å². The van der Waals surface area contributed by atoms with Gasteiger partial charge in [-0.2, -0.15) is 0 Å². The number of methoxy groups -OCH3 is 1. The van der Waals surface area contributed by atoms with Crippen molar-refractivity contribution in [2.75, 3.05) is 20.3 Å². The number of carboxylic acid groups (broad SMARTS) is 1. The molecule has 0 aliphatic carbocycles. The molecule has 4 aromatic rings. The van der Waals surface area contributed by atoms with Crippen LogP contribution in [0.15, 0.2) is 94.2 Å². The average molecular weight is 571 g/mol. The molecule has 0 amide bonds. The second kappa shape index (κ2) is 12.1. The number of aliphatic carboxylic acids is 1. The molecule has 0 bridgehead atoms. The minimum atomic E-state index is -1.07. The number of hydrogen-bond acceptors (Lipinski definition) is 8. The molecule has 0 unspecified atom stereocenters. The molecule has 0 radical (unpaired) electrons. The molecule has 0 saturated heterocycles. The summed E-state index contributed by atoms with van der Waals surface area (Å²) in [5, 5.41) is 8.83. The molecular formula is C31H26N2O7S. The number of carbonyl (C=O) groups excluding carboxylic acids is 1. The molecule has 0 spiro atoms. The lowest BCUT2D eigenvalue weighted by Gasteiger charge is -2.26. The first-order chi connectivity index (χ1) is 19.9. The third-order valence-corrected chi connectivity index (χ3v) is 7.31. The highest BCUT2D eigenvalue weighted by atomic mass is 32.1. The molecule has 0 fully saturated rings. The number of aromatic nitrogens is 1. The molecule has 9 nitrogen and oxygen atoms in total. The predicted octanol–water partition coefficient (Wildman–Crippen LogP) is 3.41. The van der Waals surface area contributed by atoms with Crippen LogP contribution in [0.2, 0.25) is 0 Å². The van der Waals surface area contributed by atoms with E-state index in [2.05, 4.69) is 0 Å². The number of carbonyl (C=O) groups is 2. The lowest BCUT2D eigenvalue weighted by molar-refractivity contribution is -0.140. The zero-order valence-corrected chi connectivity index (χ0v) is 23.1. The Kier molecular flexibility index (Phi) is 8.11. The minimum absolute atomic E-state index is 0.159. The highest BCUT2D eigenvalue weighted by Crippen LogP contribution is 2.36. The van der Waals surface area contributed by atoms with Gasteiger partial charge in [0.15, 0.2) is 11.4 Å². The van der Waals surface area contributed by atoms with Gasteiger partial charge >= 0.3 is 11.9 Å². The maximum atomic E-state index is 14.0. The fraction of sp³-hybridized carbons (Fsp3) is 0.161. The average Bonchev–Trinajstić information content (AvgIpc) is 3.30. The van der Waals surface area contributed by atoms with Crippen LogP contribution in [0.3, 0.4) is 0 Å². The van der Waals surface area contributed by atoms with Crippen molar-refractivity contribution < 1.29 is 28.9 Å².